The van der Waals surface area contributed by atoms with Gasteiger partial charge in [-0.15, -0.1) is 0 Å². The fourth-order valence-corrected chi connectivity index (χ4v) is 3.57. The van der Waals surface area contributed by atoms with Gasteiger partial charge in [0.25, 0.3) is 0 Å². The van der Waals surface area contributed by atoms with Crippen molar-refractivity contribution in [2.45, 2.75) is 45.1 Å². The molecule has 3 heteroatoms. The summed E-state index contributed by atoms with van der Waals surface area (Å²) in [6.07, 6.45) is 3.57. The molecule has 0 saturated heterocycles. The highest BCUT2D eigenvalue weighted by Crippen LogP contribution is 2.38. The first-order chi connectivity index (χ1) is 9.48. The van der Waals surface area contributed by atoms with Crippen LogP contribution >= 0.6 is 0 Å². The molecule has 108 valence electrons. The fraction of sp³-hybridized carbons (Fsp3) is 0.588. The molecule has 3 rings (SSSR count). The minimum absolute atomic E-state index is 0.580. The van der Waals surface area contributed by atoms with E-state index in [0.717, 1.165) is 36.4 Å². The van der Waals surface area contributed by atoms with Gasteiger partial charge < -0.3 is 5.11 Å². The molecule has 1 N–H and O–H groups in total. The van der Waals surface area contributed by atoms with Crippen LogP contribution in [0.1, 0.15) is 38.8 Å². The first-order valence-electron chi connectivity index (χ1n) is 7.61. The predicted molar refractivity (Wildman–Crippen MR) is 81.5 cm³/mol. The van der Waals surface area contributed by atoms with E-state index in [1.165, 1.54) is 5.39 Å². The molecular weight excluding hydrogens is 248 g/mol. The van der Waals surface area contributed by atoms with Crippen molar-refractivity contribution < 1.29 is 5.11 Å². The van der Waals surface area contributed by atoms with Crippen LogP contribution in [0.25, 0.3) is 10.9 Å². The molecule has 1 aliphatic rings. The SMILES string of the molecule is CC1CCC(O)(Cc2nn(C)c3ccccc23)CC1C. The Morgan fingerprint density at radius 1 is 1.30 bits per heavy atom. The van der Waals surface area contributed by atoms with Crippen molar-refractivity contribution in [1.82, 2.24) is 9.78 Å². The lowest BCUT2D eigenvalue weighted by atomic mass is 9.71. The van der Waals surface area contributed by atoms with Gasteiger partial charge in [0, 0.05) is 18.9 Å². The quantitative estimate of drug-likeness (QED) is 0.911. The van der Waals surface area contributed by atoms with E-state index in [0.29, 0.717) is 12.3 Å². The summed E-state index contributed by atoms with van der Waals surface area (Å²) in [6, 6.07) is 8.27. The van der Waals surface area contributed by atoms with Crippen LogP contribution in [0.15, 0.2) is 24.3 Å². The lowest BCUT2D eigenvalue weighted by molar-refractivity contribution is -0.0284. The maximum Gasteiger partial charge on any atom is 0.0731 e. The van der Waals surface area contributed by atoms with E-state index in [9.17, 15) is 5.11 Å². The second-order valence-electron chi connectivity index (χ2n) is 6.69. The number of aliphatic hydroxyl groups is 1. The Balaban J connectivity index is 1.89. The number of hydrogen-bond donors (Lipinski definition) is 1. The van der Waals surface area contributed by atoms with Gasteiger partial charge in [0.05, 0.1) is 16.8 Å². The Morgan fingerprint density at radius 2 is 2.05 bits per heavy atom. The summed E-state index contributed by atoms with van der Waals surface area (Å²) in [5, 5.41) is 16.7. The average Bonchev–Trinajstić information content (AvgIpc) is 2.72. The topological polar surface area (TPSA) is 38.1 Å². The van der Waals surface area contributed by atoms with E-state index in [1.807, 2.05) is 23.9 Å². The minimum atomic E-state index is -0.580. The Labute approximate surface area is 120 Å². The first-order valence-corrected chi connectivity index (χ1v) is 7.61. The number of fused-ring (bicyclic) bond motifs is 1. The molecule has 0 radical (unpaired) electrons. The maximum absolute atomic E-state index is 10.9. The molecule has 3 atom stereocenters. The molecule has 1 aromatic heterocycles. The number of aryl methyl sites for hydroxylation is 1. The molecule has 0 bridgehead atoms. The van der Waals surface area contributed by atoms with E-state index in [1.54, 1.807) is 0 Å². The predicted octanol–water partition coefficient (Wildman–Crippen LogP) is 3.30. The zero-order chi connectivity index (χ0) is 14.3. The third kappa shape index (κ3) is 2.35. The lowest BCUT2D eigenvalue weighted by Crippen LogP contribution is -2.39. The number of nitrogens with zero attached hydrogens (tertiary/aromatic N) is 2. The van der Waals surface area contributed by atoms with Crippen molar-refractivity contribution in [3.05, 3.63) is 30.0 Å². The van der Waals surface area contributed by atoms with E-state index in [-0.39, 0.29) is 0 Å². The molecule has 20 heavy (non-hydrogen) atoms. The van der Waals surface area contributed by atoms with E-state index in [2.05, 4.69) is 31.1 Å². The molecule has 2 aromatic rings. The van der Waals surface area contributed by atoms with Crippen molar-refractivity contribution in [3.8, 4) is 0 Å². The van der Waals surface area contributed by atoms with Crippen molar-refractivity contribution >= 4 is 10.9 Å². The second kappa shape index (κ2) is 4.88. The van der Waals surface area contributed by atoms with Gasteiger partial charge in [-0.25, -0.2) is 0 Å². The van der Waals surface area contributed by atoms with Crippen molar-refractivity contribution in [1.29, 1.82) is 0 Å². The van der Waals surface area contributed by atoms with Crippen molar-refractivity contribution in [3.63, 3.8) is 0 Å². The number of rotatable bonds is 2. The molecule has 1 aliphatic carbocycles. The van der Waals surface area contributed by atoms with Crippen LogP contribution in [0.2, 0.25) is 0 Å². The molecule has 1 heterocycles. The van der Waals surface area contributed by atoms with Gasteiger partial charge >= 0.3 is 0 Å². The number of hydrogen-bond acceptors (Lipinski definition) is 2. The smallest absolute Gasteiger partial charge is 0.0731 e. The van der Waals surface area contributed by atoms with Crippen LogP contribution in [0.3, 0.4) is 0 Å². The summed E-state index contributed by atoms with van der Waals surface area (Å²) in [5.74, 6) is 1.31. The van der Waals surface area contributed by atoms with Crippen molar-refractivity contribution in [2.75, 3.05) is 0 Å². The summed E-state index contributed by atoms with van der Waals surface area (Å²) in [6.45, 7) is 4.55. The molecule has 0 amide bonds. The number of para-hydroxylation sites is 1. The van der Waals surface area contributed by atoms with Crippen LogP contribution in [0.5, 0.6) is 0 Å². The highest BCUT2D eigenvalue weighted by Gasteiger charge is 2.36. The fourth-order valence-electron chi connectivity index (χ4n) is 3.57. The largest absolute Gasteiger partial charge is 0.389 e. The van der Waals surface area contributed by atoms with Gasteiger partial charge in [0.15, 0.2) is 0 Å². The van der Waals surface area contributed by atoms with Crippen LogP contribution in [-0.4, -0.2) is 20.5 Å². The second-order valence-corrected chi connectivity index (χ2v) is 6.69. The number of benzene rings is 1. The monoisotopic (exact) mass is 272 g/mol. The van der Waals surface area contributed by atoms with Crippen LogP contribution < -0.4 is 0 Å². The molecule has 3 unspecified atom stereocenters. The van der Waals surface area contributed by atoms with Gasteiger partial charge in [-0.05, 0) is 37.2 Å². The average molecular weight is 272 g/mol. The molecule has 1 aromatic carbocycles. The van der Waals surface area contributed by atoms with Crippen LogP contribution in [0.4, 0.5) is 0 Å². The van der Waals surface area contributed by atoms with E-state index in [4.69, 9.17) is 0 Å². The molecular formula is C17H24N2O. The third-order valence-electron chi connectivity index (χ3n) is 5.07. The first kappa shape index (κ1) is 13.6. The highest BCUT2D eigenvalue weighted by molar-refractivity contribution is 5.81. The third-order valence-corrected chi connectivity index (χ3v) is 5.07. The molecule has 1 fully saturated rings. The van der Waals surface area contributed by atoms with Crippen molar-refractivity contribution in [2.24, 2.45) is 18.9 Å². The highest BCUT2D eigenvalue weighted by atomic mass is 16.3. The zero-order valence-corrected chi connectivity index (χ0v) is 12.6. The normalized spacial score (nSPS) is 30.8. The van der Waals surface area contributed by atoms with E-state index >= 15 is 0 Å². The summed E-state index contributed by atoms with van der Waals surface area (Å²) in [5.41, 5.74) is 1.60. The van der Waals surface area contributed by atoms with Gasteiger partial charge in [0.1, 0.15) is 0 Å². The molecule has 0 aliphatic heterocycles. The standard InChI is InChI=1S/C17H24N2O/c1-12-8-9-17(20,10-13(12)2)11-15-14-6-4-5-7-16(14)19(3)18-15/h4-7,12-13,20H,8-11H2,1-3H3. The lowest BCUT2D eigenvalue weighted by Gasteiger charge is -2.38. The summed E-state index contributed by atoms with van der Waals surface area (Å²) in [4.78, 5) is 0. The zero-order valence-electron chi connectivity index (χ0n) is 12.6. The molecule has 3 nitrogen and oxygen atoms in total. The minimum Gasteiger partial charge on any atom is -0.389 e. The van der Waals surface area contributed by atoms with Gasteiger partial charge in [0.2, 0.25) is 0 Å². The van der Waals surface area contributed by atoms with Crippen LogP contribution in [-0.2, 0) is 13.5 Å². The molecule has 1 saturated carbocycles. The Morgan fingerprint density at radius 3 is 2.80 bits per heavy atom. The Kier molecular flexibility index (Phi) is 3.33. The number of aromatic nitrogens is 2. The summed E-state index contributed by atoms with van der Waals surface area (Å²) < 4.78 is 1.92. The summed E-state index contributed by atoms with van der Waals surface area (Å²) >= 11 is 0. The van der Waals surface area contributed by atoms with Gasteiger partial charge in [-0.1, -0.05) is 32.0 Å². The maximum atomic E-state index is 10.9. The van der Waals surface area contributed by atoms with Gasteiger partial charge in [-0.2, -0.15) is 5.10 Å². The Bertz CT molecular complexity index is 618. The van der Waals surface area contributed by atoms with Crippen LogP contribution in [0, 0.1) is 11.8 Å². The van der Waals surface area contributed by atoms with E-state index < -0.39 is 5.60 Å². The molecule has 0 spiro atoms. The Hall–Kier alpha value is -1.35. The summed E-state index contributed by atoms with van der Waals surface area (Å²) in [7, 11) is 1.97. The van der Waals surface area contributed by atoms with Gasteiger partial charge in [-0.3, -0.25) is 4.68 Å².